The molecule has 0 aliphatic carbocycles. The Hall–Kier alpha value is -3.34. The fourth-order valence-corrected chi connectivity index (χ4v) is 5.43. The molecule has 2 aliphatic rings. The molecule has 180 valence electrons. The first-order valence-corrected chi connectivity index (χ1v) is 12.2. The van der Waals surface area contributed by atoms with Gasteiger partial charge in [0, 0.05) is 36.8 Å². The third kappa shape index (κ3) is 4.65. The Morgan fingerprint density at radius 3 is 2.76 bits per heavy atom. The van der Waals surface area contributed by atoms with Crippen LogP contribution < -0.4 is 0 Å². The standard InChI is InChI=1S/C26H32N4O4/c1-3-28-21(15-19-8-7-18(16-27)14-23(19)28)10-9-20-6-5-13-29(20)26(33)22-11-12-24(31)30(22)17-25(32)34-4-2/h7-8,14-15,20,22H,3-6,9-13,17H2,1-2H3. The molecule has 4 rings (SSSR count). The molecule has 2 unspecified atom stereocenters. The number of aryl methyl sites for hydroxylation is 2. The molecule has 8 heteroatoms. The van der Waals surface area contributed by atoms with Crippen molar-refractivity contribution in [2.75, 3.05) is 19.7 Å². The number of ether oxygens (including phenoxy) is 1. The Morgan fingerprint density at radius 2 is 2.03 bits per heavy atom. The van der Waals surface area contributed by atoms with Crippen LogP contribution in [0.5, 0.6) is 0 Å². The number of aromatic nitrogens is 1. The zero-order valence-corrected chi connectivity index (χ0v) is 20.0. The molecule has 2 aliphatic heterocycles. The molecule has 2 fully saturated rings. The van der Waals surface area contributed by atoms with Crippen molar-refractivity contribution in [1.82, 2.24) is 14.4 Å². The number of carbonyl (C=O) groups excluding carboxylic acids is 3. The van der Waals surface area contributed by atoms with Gasteiger partial charge in [-0.3, -0.25) is 14.4 Å². The lowest BCUT2D eigenvalue weighted by molar-refractivity contribution is -0.151. The Bertz CT molecular complexity index is 1130. The van der Waals surface area contributed by atoms with Crippen molar-refractivity contribution in [3.05, 3.63) is 35.5 Å². The van der Waals surface area contributed by atoms with E-state index < -0.39 is 12.0 Å². The first kappa shape index (κ1) is 23.8. The van der Waals surface area contributed by atoms with E-state index in [2.05, 4.69) is 23.6 Å². The summed E-state index contributed by atoms with van der Waals surface area (Å²) in [4.78, 5) is 41.1. The van der Waals surface area contributed by atoms with Crippen LogP contribution in [0.1, 0.15) is 57.2 Å². The molecule has 2 amide bonds. The largest absolute Gasteiger partial charge is 0.465 e. The number of hydrogen-bond donors (Lipinski definition) is 0. The third-order valence-corrected chi connectivity index (χ3v) is 7.05. The highest BCUT2D eigenvalue weighted by Crippen LogP contribution is 2.29. The van der Waals surface area contributed by atoms with E-state index in [0.717, 1.165) is 43.1 Å². The summed E-state index contributed by atoms with van der Waals surface area (Å²) in [7, 11) is 0. The van der Waals surface area contributed by atoms with Crippen LogP contribution in [0.2, 0.25) is 0 Å². The van der Waals surface area contributed by atoms with Gasteiger partial charge in [-0.15, -0.1) is 0 Å². The number of rotatable bonds is 8. The molecule has 0 radical (unpaired) electrons. The molecular formula is C26H32N4O4. The molecule has 1 aromatic carbocycles. The number of carbonyl (C=O) groups is 3. The number of esters is 1. The molecule has 0 N–H and O–H groups in total. The van der Waals surface area contributed by atoms with E-state index in [1.54, 1.807) is 6.92 Å². The molecule has 34 heavy (non-hydrogen) atoms. The van der Waals surface area contributed by atoms with Gasteiger partial charge in [0.05, 0.1) is 18.2 Å². The van der Waals surface area contributed by atoms with Crippen molar-refractivity contribution in [2.45, 2.75) is 71.0 Å². The maximum Gasteiger partial charge on any atom is 0.325 e. The molecule has 0 bridgehead atoms. The Kier molecular flexibility index (Phi) is 7.20. The van der Waals surface area contributed by atoms with Crippen LogP contribution in [-0.4, -0.2) is 63.9 Å². The van der Waals surface area contributed by atoms with Crippen LogP contribution in [0.4, 0.5) is 0 Å². The predicted molar refractivity (Wildman–Crippen MR) is 127 cm³/mol. The average Bonchev–Trinajstić information content (AvgIpc) is 3.54. The van der Waals surface area contributed by atoms with Gasteiger partial charge in [0.25, 0.3) is 0 Å². The van der Waals surface area contributed by atoms with Gasteiger partial charge in [-0.25, -0.2) is 0 Å². The molecule has 2 atom stereocenters. The molecule has 2 saturated heterocycles. The number of nitrogens with zero attached hydrogens (tertiary/aromatic N) is 4. The zero-order valence-electron chi connectivity index (χ0n) is 20.0. The van der Waals surface area contributed by atoms with Gasteiger partial charge in [-0.2, -0.15) is 5.26 Å². The van der Waals surface area contributed by atoms with E-state index in [1.165, 1.54) is 10.6 Å². The smallest absolute Gasteiger partial charge is 0.325 e. The van der Waals surface area contributed by atoms with E-state index in [1.807, 2.05) is 23.1 Å². The van der Waals surface area contributed by atoms with E-state index in [9.17, 15) is 19.6 Å². The van der Waals surface area contributed by atoms with Gasteiger partial charge in [-0.05, 0) is 69.5 Å². The lowest BCUT2D eigenvalue weighted by atomic mass is 10.1. The van der Waals surface area contributed by atoms with Crippen molar-refractivity contribution in [3.63, 3.8) is 0 Å². The highest BCUT2D eigenvalue weighted by Gasteiger charge is 2.42. The molecule has 2 aromatic rings. The maximum absolute atomic E-state index is 13.4. The second kappa shape index (κ2) is 10.3. The fourth-order valence-electron chi connectivity index (χ4n) is 5.43. The summed E-state index contributed by atoms with van der Waals surface area (Å²) in [5, 5.41) is 10.4. The SMILES string of the molecule is CCOC(=O)CN1C(=O)CCC1C(=O)N1CCCC1CCc1cc2ccc(C#N)cc2n1CC. The van der Waals surface area contributed by atoms with Gasteiger partial charge in [-0.1, -0.05) is 6.07 Å². The van der Waals surface area contributed by atoms with Gasteiger partial charge < -0.3 is 19.1 Å². The van der Waals surface area contributed by atoms with Crippen LogP contribution in [-0.2, 0) is 32.1 Å². The number of amides is 2. The molecule has 8 nitrogen and oxygen atoms in total. The summed E-state index contributed by atoms with van der Waals surface area (Å²) in [5.74, 6) is -0.681. The number of benzene rings is 1. The van der Waals surface area contributed by atoms with Gasteiger partial charge in [0.2, 0.25) is 11.8 Å². The summed E-state index contributed by atoms with van der Waals surface area (Å²) in [6, 6.07) is 9.69. The molecule has 1 aromatic heterocycles. The summed E-state index contributed by atoms with van der Waals surface area (Å²) < 4.78 is 7.24. The summed E-state index contributed by atoms with van der Waals surface area (Å²) in [6.07, 6.45) is 4.29. The highest BCUT2D eigenvalue weighted by atomic mass is 16.5. The topological polar surface area (TPSA) is 95.6 Å². The van der Waals surface area contributed by atoms with Crippen molar-refractivity contribution >= 4 is 28.7 Å². The van der Waals surface area contributed by atoms with Crippen molar-refractivity contribution in [3.8, 4) is 6.07 Å². The van der Waals surface area contributed by atoms with Crippen molar-refractivity contribution < 1.29 is 19.1 Å². The number of nitriles is 1. The van der Waals surface area contributed by atoms with Crippen molar-refractivity contribution in [1.29, 1.82) is 5.26 Å². The number of hydrogen-bond acceptors (Lipinski definition) is 5. The quantitative estimate of drug-likeness (QED) is 0.560. The fraction of sp³-hybridized carbons (Fsp3) is 0.538. The second-order valence-corrected chi connectivity index (χ2v) is 9.01. The number of fused-ring (bicyclic) bond motifs is 1. The summed E-state index contributed by atoms with van der Waals surface area (Å²) in [6.45, 7) is 5.41. The minimum atomic E-state index is -0.580. The van der Waals surface area contributed by atoms with Crippen LogP contribution in [0.25, 0.3) is 10.9 Å². The number of likely N-dealkylation sites (tertiary alicyclic amines) is 2. The van der Waals surface area contributed by atoms with E-state index >= 15 is 0 Å². The monoisotopic (exact) mass is 464 g/mol. The molecule has 0 saturated carbocycles. The van der Waals surface area contributed by atoms with Crippen LogP contribution in [0.15, 0.2) is 24.3 Å². The lowest BCUT2D eigenvalue weighted by Crippen LogP contribution is -2.50. The van der Waals surface area contributed by atoms with Gasteiger partial charge in [0.15, 0.2) is 0 Å². The molecular weight excluding hydrogens is 432 g/mol. The van der Waals surface area contributed by atoms with E-state index in [0.29, 0.717) is 18.5 Å². The first-order chi connectivity index (χ1) is 16.5. The lowest BCUT2D eigenvalue weighted by Gasteiger charge is -2.31. The van der Waals surface area contributed by atoms with E-state index in [4.69, 9.17) is 4.74 Å². The maximum atomic E-state index is 13.4. The Balaban J connectivity index is 1.46. The van der Waals surface area contributed by atoms with Crippen LogP contribution in [0, 0.1) is 11.3 Å². The second-order valence-electron chi connectivity index (χ2n) is 9.01. The Labute approximate surface area is 200 Å². The molecule has 3 heterocycles. The average molecular weight is 465 g/mol. The van der Waals surface area contributed by atoms with Gasteiger partial charge >= 0.3 is 5.97 Å². The van der Waals surface area contributed by atoms with Crippen LogP contribution in [0.3, 0.4) is 0 Å². The minimum absolute atomic E-state index is 0.0488. The third-order valence-electron chi connectivity index (χ3n) is 7.05. The van der Waals surface area contributed by atoms with Crippen molar-refractivity contribution in [2.24, 2.45) is 0 Å². The molecule has 0 spiro atoms. The zero-order chi connectivity index (χ0) is 24.2. The highest BCUT2D eigenvalue weighted by molar-refractivity contribution is 5.93. The summed E-state index contributed by atoms with van der Waals surface area (Å²) in [5.41, 5.74) is 2.92. The normalized spacial score (nSPS) is 20.2. The first-order valence-electron chi connectivity index (χ1n) is 12.2. The van der Waals surface area contributed by atoms with Crippen LogP contribution >= 0.6 is 0 Å². The van der Waals surface area contributed by atoms with Gasteiger partial charge in [0.1, 0.15) is 12.6 Å². The minimum Gasteiger partial charge on any atom is -0.465 e. The summed E-state index contributed by atoms with van der Waals surface area (Å²) >= 11 is 0. The predicted octanol–water partition coefficient (Wildman–Crippen LogP) is 3.01. The van der Waals surface area contributed by atoms with E-state index in [-0.39, 0.29) is 37.4 Å². The Morgan fingerprint density at radius 1 is 1.21 bits per heavy atom.